The fraction of sp³-hybridized carbons (Fsp3) is 0.467. The molecule has 0 aliphatic rings. The number of halogens is 3. The highest BCUT2D eigenvalue weighted by atomic mass is 19.4. The van der Waals surface area contributed by atoms with Gasteiger partial charge in [-0.1, -0.05) is 32.0 Å². The molecular formula is C15H17F3O3. The molecule has 6 heteroatoms. The van der Waals surface area contributed by atoms with E-state index in [1.807, 2.05) is 0 Å². The summed E-state index contributed by atoms with van der Waals surface area (Å²) in [6.45, 7) is 3.37. The second-order valence-electron chi connectivity index (χ2n) is 5.09. The molecule has 0 radical (unpaired) electrons. The fourth-order valence-corrected chi connectivity index (χ4v) is 2.07. The fourth-order valence-electron chi connectivity index (χ4n) is 2.07. The zero-order valence-corrected chi connectivity index (χ0v) is 12.0. The lowest BCUT2D eigenvalue weighted by atomic mass is 9.88. The van der Waals surface area contributed by atoms with Crippen LogP contribution in [0, 0.1) is 11.8 Å². The van der Waals surface area contributed by atoms with Gasteiger partial charge in [0.05, 0.1) is 12.7 Å². The summed E-state index contributed by atoms with van der Waals surface area (Å²) in [6.07, 6.45) is -4.69. The Balaban J connectivity index is 2.94. The van der Waals surface area contributed by atoms with Crippen LogP contribution in [0.15, 0.2) is 24.3 Å². The van der Waals surface area contributed by atoms with Crippen molar-refractivity contribution in [2.75, 3.05) is 7.11 Å². The Morgan fingerprint density at radius 2 is 1.86 bits per heavy atom. The van der Waals surface area contributed by atoms with Gasteiger partial charge in [0.15, 0.2) is 5.78 Å². The van der Waals surface area contributed by atoms with Crippen LogP contribution in [0.25, 0.3) is 0 Å². The van der Waals surface area contributed by atoms with Gasteiger partial charge in [-0.3, -0.25) is 9.59 Å². The second-order valence-corrected chi connectivity index (χ2v) is 5.09. The van der Waals surface area contributed by atoms with Gasteiger partial charge in [0, 0.05) is 6.42 Å². The van der Waals surface area contributed by atoms with Crippen molar-refractivity contribution in [2.24, 2.45) is 11.8 Å². The van der Waals surface area contributed by atoms with Crippen LogP contribution in [-0.2, 0) is 26.9 Å². The van der Waals surface area contributed by atoms with Gasteiger partial charge in [-0.15, -0.1) is 0 Å². The van der Waals surface area contributed by atoms with Crippen molar-refractivity contribution in [1.82, 2.24) is 0 Å². The Kier molecular flexibility index (Phi) is 5.52. The average Bonchev–Trinajstić information content (AvgIpc) is 2.37. The third-order valence-corrected chi connectivity index (χ3v) is 3.10. The summed E-state index contributed by atoms with van der Waals surface area (Å²) in [7, 11) is 1.18. The van der Waals surface area contributed by atoms with E-state index in [1.54, 1.807) is 13.8 Å². The minimum absolute atomic E-state index is 0.226. The first-order valence-corrected chi connectivity index (χ1v) is 6.43. The quantitative estimate of drug-likeness (QED) is 0.619. The number of carbonyl (C=O) groups excluding carboxylic acids is 2. The molecule has 1 rings (SSSR count). The van der Waals surface area contributed by atoms with E-state index in [0.717, 1.165) is 12.1 Å². The number of methoxy groups -OCH3 is 1. The predicted molar refractivity (Wildman–Crippen MR) is 70.5 cm³/mol. The SMILES string of the molecule is COC(=O)C(C(=O)Cc1cccc(C(F)(F)F)c1)C(C)C. The summed E-state index contributed by atoms with van der Waals surface area (Å²) in [5.41, 5.74) is -0.587. The molecule has 0 N–H and O–H groups in total. The Morgan fingerprint density at radius 3 is 2.33 bits per heavy atom. The van der Waals surface area contributed by atoms with Crippen LogP contribution in [0.5, 0.6) is 0 Å². The van der Waals surface area contributed by atoms with Crippen LogP contribution in [0.1, 0.15) is 25.0 Å². The third-order valence-electron chi connectivity index (χ3n) is 3.10. The van der Waals surface area contributed by atoms with Crippen LogP contribution in [-0.4, -0.2) is 18.9 Å². The number of hydrogen-bond donors (Lipinski definition) is 0. The lowest BCUT2D eigenvalue weighted by Gasteiger charge is -2.17. The summed E-state index contributed by atoms with van der Waals surface area (Å²) < 4.78 is 42.4. The van der Waals surface area contributed by atoms with Crippen molar-refractivity contribution in [2.45, 2.75) is 26.4 Å². The van der Waals surface area contributed by atoms with E-state index < -0.39 is 29.4 Å². The molecular weight excluding hydrogens is 285 g/mol. The molecule has 0 heterocycles. The van der Waals surface area contributed by atoms with Crippen molar-refractivity contribution >= 4 is 11.8 Å². The highest BCUT2D eigenvalue weighted by Crippen LogP contribution is 2.30. The Bertz CT molecular complexity index is 521. The molecule has 1 aromatic rings. The standard InChI is InChI=1S/C15H17F3O3/c1-9(2)13(14(20)21-3)12(19)8-10-5-4-6-11(7-10)15(16,17)18/h4-7,9,13H,8H2,1-3H3. The van der Waals surface area contributed by atoms with Gasteiger partial charge in [0.2, 0.25) is 0 Å². The molecule has 0 saturated heterocycles. The van der Waals surface area contributed by atoms with Gasteiger partial charge in [-0.2, -0.15) is 13.2 Å². The highest BCUT2D eigenvalue weighted by molar-refractivity contribution is 6.00. The van der Waals surface area contributed by atoms with E-state index in [2.05, 4.69) is 4.74 Å². The molecule has 1 aromatic carbocycles. The van der Waals surface area contributed by atoms with Crippen LogP contribution >= 0.6 is 0 Å². The Hall–Kier alpha value is -1.85. The zero-order valence-electron chi connectivity index (χ0n) is 12.0. The number of alkyl halides is 3. The van der Waals surface area contributed by atoms with E-state index >= 15 is 0 Å². The van der Waals surface area contributed by atoms with Crippen LogP contribution in [0.2, 0.25) is 0 Å². The summed E-state index contributed by atoms with van der Waals surface area (Å²) in [5.74, 6) is -2.36. The number of Topliss-reactive ketones (excluding diaryl/α,β-unsaturated/α-hetero) is 1. The lowest BCUT2D eigenvalue weighted by Crippen LogP contribution is -2.31. The van der Waals surface area contributed by atoms with E-state index in [1.165, 1.54) is 19.2 Å². The number of esters is 1. The van der Waals surface area contributed by atoms with Crippen molar-refractivity contribution in [3.05, 3.63) is 35.4 Å². The van der Waals surface area contributed by atoms with Gasteiger partial charge in [-0.05, 0) is 17.5 Å². The first-order chi connectivity index (χ1) is 9.66. The molecule has 0 fully saturated rings. The monoisotopic (exact) mass is 302 g/mol. The molecule has 21 heavy (non-hydrogen) atoms. The number of benzene rings is 1. The van der Waals surface area contributed by atoms with Crippen molar-refractivity contribution in [3.63, 3.8) is 0 Å². The minimum atomic E-state index is -4.46. The van der Waals surface area contributed by atoms with Crippen molar-refractivity contribution in [1.29, 1.82) is 0 Å². The van der Waals surface area contributed by atoms with Crippen LogP contribution in [0.4, 0.5) is 13.2 Å². The van der Waals surface area contributed by atoms with E-state index in [0.29, 0.717) is 0 Å². The Labute approximate surface area is 121 Å². The van der Waals surface area contributed by atoms with Crippen molar-refractivity contribution < 1.29 is 27.5 Å². The van der Waals surface area contributed by atoms with E-state index in [9.17, 15) is 22.8 Å². The molecule has 0 amide bonds. The minimum Gasteiger partial charge on any atom is -0.468 e. The molecule has 1 atom stereocenters. The third kappa shape index (κ3) is 4.58. The zero-order chi connectivity index (χ0) is 16.2. The molecule has 0 spiro atoms. The van der Waals surface area contributed by atoms with Crippen LogP contribution < -0.4 is 0 Å². The summed E-state index contributed by atoms with van der Waals surface area (Å²) in [4.78, 5) is 23.7. The Morgan fingerprint density at radius 1 is 1.24 bits per heavy atom. The van der Waals surface area contributed by atoms with Gasteiger partial charge >= 0.3 is 12.1 Å². The van der Waals surface area contributed by atoms with Gasteiger partial charge in [-0.25, -0.2) is 0 Å². The van der Waals surface area contributed by atoms with E-state index in [-0.39, 0.29) is 17.9 Å². The van der Waals surface area contributed by atoms with E-state index in [4.69, 9.17) is 0 Å². The molecule has 116 valence electrons. The topological polar surface area (TPSA) is 43.4 Å². The van der Waals surface area contributed by atoms with Crippen molar-refractivity contribution in [3.8, 4) is 0 Å². The lowest BCUT2D eigenvalue weighted by molar-refractivity contribution is -0.151. The number of carbonyl (C=O) groups is 2. The smallest absolute Gasteiger partial charge is 0.416 e. The maximum atomic E-state index is 12.6. The predicted octanol–water partition coefficient (Wildman–Crippen LogP) is 3.26. The molecule has 0 aliphatic carbocycles. The number of hydrogen-bond acceptors (Lipinski definition) is 3. The average molecular weight is 302 g/mol. The largest absolute Gasteiger partial charge is 0.468 e. The second kappa shape index (κ2) is 6.74. The number of rotatable bonds is 5. The molecule has 0 bridgehead atoms. The molecule has 0 saturated carbocycles. The van der Waals surface area contributed by atoms with Gasteiger partial charge in [0.25, 0.3) is 0 Å². The molecule has 1 unspecified atom stereocenters. The summed E-state index contributed by atoms with van der Waals surface area (Å²) in [6, 6.07) is 4.54. The summed E-state index contributed by atoms with van der Waals surface area (Å²) >= 11 is 0. The first-order valence-electron chi connectivity index (χ1n) is 6.43. The van der Waals surface area contributed by atoms with Gasteiger partial charge in [0.1, 0.15) is 5.92 Å². The van der Waals surface area contributed by atoms with Crippen LogP contribution in [0.3, 0.4) is 0 Å². The number of ether oxygens (including phenoxy) is 1. The summed E-state index contributed by atoms with van der Waals surface area (Å²) in [5, 5.41) is 0. The number of ketones is 1. The maximum absolute atomic E-state index is 12.6. The van der Waals surface area contributed by atoms with Gasteiger partial charge < -0.3 is 4.74 Å². The normalized spacial score (nSPS) is 13.1. The highest BCUT2D eigenvalue weighted by Gasteiger charge is 2.32. The molecule has 0 aromatic heterocycles. The molecule has 3 nitrogen and oxygen atoms in total. The molecule has 0 aliphatic heterocycles. The first kappa shape index (κ1) is 17.2. The maximum Gasteiger partial charge on any atom is 0.416 e.